The van der Waals surface area contributed by atoms with E-state index in [-0.39, 0.29) is 6.04 Å². The Hall–Kier alpha value is -2.65. The molecule has 0 bridgehead atoms. The average molecular weight is 346 g/mol. The van der Waals surface area contributed by atoms with Crippen LogP contribution in [0.15, 0.2) is 78.9 Å². The smallest absolute Gasteiger partial charge is 0.171 e. The molecule has 1 atom stereocenters. The summed E-state index contributed by atoms with van der Waals surface area (Å²) in [4.78, 5) is 0. The zero-order valence-electron chi connectivity index (χ0n) is 14.5. The Kier molecular flexibility index (Phi) is 5.46. The first-order chi connectivity index (χ1) is 12.1. The van der Waals surface area contributed by atoms with Crippen molar-refractivity contribution in [3.8, 4) is 0 Å². The van der Waals surface area contributed by atoms with E-state index in [1.807, 2.05) is 18.2 Å². The molecule has 2 N–H and O–H groups in total. The molecule has 0 amide bonds. The Morgan fingerprint density at radius 3 is 2.08 bits per heavy atom. The van der Waals surface area contributed by atoms with Gasteiger partial charge in [0.05, 0.1) is 6.04 Å². The molecule has 0 heterocycles. The summed E-state index contributed by atoms with van der Waals surface area (Å²) in [6, 6.07) is 27.1. The van der Waals surface area contributed by atoms with Gasteiger partial charge in [0.1, 0.15) is 0 Å². The Balaban J connectivity index is 1.84. The van der Waals surface area contributed by atoms with Gasteiger partial charge in [-0.25, -0.2) is 0 Å². The van der Waals surface area contributed by atoms with Gasteiger partial charge in [0, 0.05) is 5.69 Å². The molecule has 2 nitrogen and oxygen atoms in total. The molecule has 0 aliphatic carbocycles. The van der Waals surface area contributed by atoms with Crippen LogP contribution in [0.1, 0.15) is 28.3 Å². The second-order valence-electron chi connectivity index (χ2n) is 6.23. The lowest BCUT2D eigenvalue weighted by Crippen LogP contribution is -2.33. The number of rotatable bonds is 4. The minimum atomic E-state index is 0.00547. The predicted octanol–water partition coefficient (Wildman–Crippen LogP) is 5.38. The lowest BCUT2D eigenvalue weighted by molar-refractivity contribution is 0.768. The van der Waals surface area contributed by atoms with Crippen LogP contribution in [0.4, 0.5) is 5.69 Å². The standard InChI is InChI=1S/C22H22N2S/c1-16-8-6-12-19(14-16)21(18-10-4-3-5-11-18)24-22(25)23-20-13-7-9-17(2)15-20/h3-15,21H,1-2H3,(H2,23,24,25)/t21-/m1/s1. The van der Waals surface area contributed by atoms with Gasteiger partial charge < -0.3 is 10.6 Å². The fourth-order valence-corrected chi connectivity index (χ4v) is 3.11. The lowest BCUT2D eigenvalue weighted by Gasteiger charge is -2.22. The highest BCUT2D eigenvalue weighted by atomic mass is 32.1. The van der Waals surface area contributed by atoms with Crippen molar-refractivity contribution in [2.75, 3.05) is 5.32 Å². The average Bonchev–Trinajstić information content (AvgIpc) is 2.60. The molecule has 0 unspecified atom stereocenters. The zero-order valence-corrected chi connectivity index (χ0v) is 15.3. The van der Waals surface area contributed by atoms with Crippen LogP contribution in [0, 0.1) is 13.8 Å². The van der Waals surface area contributed by atoms with Gasteiger partial charge in [-0.3, -0.25) is 0 Å². The molecular weight excluding hydrogens is 324 g/mol. The van der Waals surface area contributed by atoms with Gasteiger partial charge in [-0.15, -0.1) is 0 Å². The van der Waals surface area contributed by atoms with Gasteiger partial charge >= 0.3 is 0 Å². The minimum Gasteiger partial charge on any atom is -0.352 e. The van der Waals surface area contributed by atoms with E-state index in [0.29, 0.717) is 5.11 Å². The van der Waals surface area contributed by atoms with Gasteiger partial charge in [-0.1, -0.05) is 72.3 Å². The summed E-state index contributed by atoms with van der Waals surface area (Å²) in [6.45, 7) is 4.18. The Morgan fingerprint density at radius 2 is 1.40 bits per heavy atom. The molecule has 0 saturated carbocycles. The first-order valence-corrected chi connectivity index (χ1v) is 8.78. The Morgan fingerprint density at radius 1 is 0.760 bits per heavy atom. The van der Waals surface area contributed by atoms with E-state index >= 15 is 0 Å². The van der Waals surface area contributed by atoms with Gasteiger partial charge in [-0.2, -0.15) is 0 Å². The van der Waals surface area contributed by atoms with Crippen molar-refractivity contribution in [2.45, 2.75) is 19.9 Å². The maximum Gasteiger partial charge on any atom is 0.171 e. The lowest BCUT2D eigenvalue weighted by atomic mass is 9.97. The second-order valence-corrected chi connectivity index (χ2v) is 6.63. The topological polar surface area (TPSA) is 24.1 Å². The van der Waals surface area contributed by atoms with E-state index in [4.69, 9.17) is 12.2 Å². The molecular formula is C22H22N2S. The number of benzene rings is 3. The maximum atomic E-state index is 5.57. The van der Waals surface area contributed by atoms with Crippen molar-refractivity contribution >= 4 is 23.0 Å². The van der Waals surface area contributed by atoms with E-state index in [0.717, 1.165) is 5.69 Å². The van der Waals surface area contributed by atoms with Gasteiger partial charge in [0.2, 0.25) is 0 Å². The van der Waals surface area contributed by atoms with E-state index in [1.54, 1.807) is 0 Å². The quantitative estimate of drug-likeness (QED) is 0.620. The summed E-state index contributed by atoms with van der Waals surface area (Å²) < 4.78 is 0. The highest BCUT2D eigenvalue weighted by molar-refractivity contribution is 7.80. The van der Waals surface area contributed by atoms with Crippen molar-refractivity contribution < 1.29 is 0 Å². The fourth-order valence-electron chi connectivity index (χ4n) is 2.88. The molecule has 126 valence electrons. The number of thiocarbonyl (C=S) groups is 1. The molecule has 3 heteroatoms. The SMILES string of the molecule is Cc1cccc(NC(=S)N[C@H](c2ccccc2)c2cccc(C)c2)c1. The highest BCUT2D eigenvalue weighted by Crippen LogP contribution is 2.23. The third-order valence-electron chi connectivity index (χ3n) is 4.06. The number of hydrogen-bond acceptors (Lipinski definition) is 1. The maximum absolute atomic E-state index is 5.57. The highest BCUT2D eigenvalue weighted by Gasteiger charge is 2.15. The molecule has 3 aromatic rings. The zero-order chi connectivity index (χ0) is 17.6. The van der Waals surface area contributed by atoms with E-state index in [1.165, 1.54) is 22.3 Å². The Labute approximate surface area is 154 Å². The number of nitrogens with one attached hydrogen (secondary N) is 2. The van der Waals surface area contributed by atoms with Crippen LogP contribution in [0.3, 0.4) is 0 Å². The van der Waals surface area contributed by atoms with Crippen LogP contribution in [-0.4, -0.2) is 5.11 Å². The molecule has 0 saturated heterocycles. The first-order valence-electron chi connectivity index (χ1n) is 8.37. The number of aryl methyl sites for hydroxylation is 2. The van der Waals surface area contributed by atoms with Crippen molar-refractivity contribution in [1.29, 1.82) is 0 Å². The van der Waals surface area contributed by atoms with E-state index < -0.39 is 0 Å². The summed E-state index contributed by atoms with van der Waals surface area (Å²) in [5.74, 6) is 0. The van der Waals surface area contributed by atoms with Gasteiger partial charge in [0.15, 0.2) is 5.11 Å². The molecule has 0 radical (unpaired) electrons. The van der Waals surface area contributed by atoms with Crippen LogP contribution in [-0.2, 0) is 0 Å². The molecule has 0 spiro atoms. The van der Waals surface area contributed by atoms with Crippen molar-refractivity contribution in [1.82, 2.24) is 5.32 Å². The van der Waals surface area contributed by atoms with Crippen LogP contribution in [0.2, 0.25) is 0 Å². The van der Waals surface area contributed by atoms with Gasteiger partial charge in [-0.05, 0) is 54.9 Å². The van der Waals surface area contributed by atoms with Crippen LogP contribution < -0.4 is 10.6 Å². The molecule has 0 aliphatic heterocycles. The summed E-state index contributed by atoms with van der Waals surface area (Å²) in [5, 5.41) is 7.36. The predicted molar refractivity (Wildman–Crippen MR) is 110 cm³/mol. The van der Waals surface area contributed by atoms with E-state index in [2.05, 4.69) is 85.1 Å². The third-order valence-corrected chi connectivity index (χ3v) is 4.28. The Bertz CT molecular complexity index is 859. The summed E-state index contributed by atoms with van der Waals surface area (Å²) in [5.41, 5.74) is 5.80. The van der Waals surface area contributed by atoms with Crippen molar-refractivity contribution in [2.24, 2.45) is 0 Å². The van der Waals surface area contributed by atoms with Crippen molar-refractivity contribution in [3.05, 3.63) is 101 Å². The molecule has 0 aromatic heterocycles. The molecule has 3 aromatic carbocycles. The molecule has 25 heavy (non-hydrogen) atoms. The summed E-state index contributed by atoms with van der Waals surface area (Å²) in [7, 11) is 0. The molecule has 0 aliphatic rings. The number of anilines is 1. The molecule has 3 rings (SSSR count). The van der Waals surface area contributed by atoms with Gasteiger partial charge in [0.25, 0.3) is 0 Å². The number of hydrogen-bond donors (Lipinski definition) is 2. The van der Waals surface area contributed by atoms with Crippen LogP contribution >= 0.6 is 12.2 Å². The normalized spacial score (nSPS) is 11.6. The fraction of sp³-hybridized carbons (Fsp3) is 0.136. The van der Waals surface area contributed by atoms with Crippen LogP contribution in [0.25, 0.3) is 0 Å². The van der Waals surface area contributed by atoms with Crippen molar-refractivity contribution in [3.63, 3.8) is 0 Å². The van der Waals surface area contributed by atoms with Crippen LogP contribution in [0.5, 0.6) is 0 Å². The largest absolute Gasteiger partial charge is 0.352 e. The first kappa shape index (κ1) is 17.2. The second kappa shape index (κ2) is 7.95. The minimum absolute atomic E-state index is 0.00547. The summed E-state index contributed by atoms with van der Waals surface area (Å²) in [6.07, 6.45) is 0. The van der Waals surface area contributed by atoms with E-state index in [9.17, 15) is 0 Å². The monoisotopic (exact) mass is 346 g/mol. The third kappa shape index (κ3) is 4.68. The summed E-state index contributed by atoms with van der Waals surface area (Å²) >= 11 is 5.57. The molecule has 0 fully saturated rings.